The van der Waals surface area contributed by atoms with Crippen LogP contribution < -0.4 is 5.73 Å². The lowest BCUT2D eigenvalue weighted by atomic mass is 10.3. The van der Waals surface area contributed by atoms with Crippen LogP contribution in [0.25, 0.3) is 0 Å². The molecular formula is C10H14BrNOS. The Kier molecular flexibility index (Phi) is 5.37. The summed E-state index contributed by atoms with van der Waals surface area (Å²) in [5, 5.41) is 0. The summed E-state index contributed by atoms with van der Waals surface area (Å²) >= 11 is 5.15. The molecule has 1 aromatic carbocycles. The molecule has 14 heavy (non-hydrogen) atoms. The zero-order chi connectivity index (χ0) is 10.4. The number of rotatable bonds is 5. The minimum Gasteiger partial charge on any atom is -0.398 e. The number of halogens is 1. The molecule has 0 bridgehead atoms. The van der Waals surface area contributed by atoms with Crippen LogP contribution in [-0.2, 0) is 4.74 Å². The van der Waals surface area contributed by atoms with Gasteiger partial charge in [0.2, 0.25) is 0 Å². The van der Waals surface area contributed by atoms with Gasteiger partial charge in [-0.1, -0.05) is 15.9 Å². The van der Waals surface area contributed by atoms with Gasteiger partial charge < -0.3 is 10.5 Å². The highest BCUT2D eigenvalue weighted by Crippen LogP contribution is 2.28. The van der Waals surface area contributed by atoms with E-state index in [1.165, 1.54) is 0 Å². The summed E-state index contributed by atoms with van der Waals surface area (Å²) in [7, 11) is 1.72. The third kappa shape index (κ3) is 3.90. The summed E-state index contributed by atoms with van der Waals surface area (Å²) in [6.45, 7) is 0.809. The van der Waals surface area contributed by atoms with Gasteiger partial charge in [0.25, 0.3) is 0 Å². The van der Waals surface area contributed by atoms with E-state index in [9.17, 15) is 0 Å². The molecule has 0 aliphatic carbocycles. The predicted molar refractivity (Wildman–Crippen MR) is 65.8 cm³/mol. The molecule has 0 fully saturated rings. The van der Waals surface area contributed by atoms with Gasteiger partial charge in [0.1, 0.15) is 0 Å². The number of hydrogen-bond acceptors (Lipinski definition) is 3. The summed E-state index contributed by atoms with van der Waals surface area (Å²) < 4.78 is 6.00. The Morgan fingerprint density at radius 3 is 2.93 bits per heavy atom. The molecule has 0 saturated carbocycles. The van der Waals surface area contributed by atoms with E-state index in [-0.39, 0.29) is 0 Å². The maximum Gasteiger partial charge on any atom is 0.0470 e. The van der Waals surface area contributed by atoms with Gasteiger partial charge in [-0.25, -0.2) is 0 Å². The lowest BCUT2D eigenvalue weighted by Crippen LogP contribution is -1.92. The van der Waals surface area contributed by atoms with E-state index in [1.807, 2.05) is 18.2 Å². The van der Waals surface area contributed by atoms with Crippen LogP contribution in [-0.4, -0.2) is 19.5 Å². The van der Waals surface area contributed by atoms with Crippen molar-refractivity contribution in [3.63, 3.8) is 0 Å². The normalized spacial score (nSPS) is 10.4. The zero-order valence-electron chi connectivity index (χ0n) is 8.13. The predicted octanol–water partition coefficient (Wildman–Crippen LogP) is 3.16. The van der Waals surface area contributed by atoms with Crippen LogP contribution in [0.5, 0.6) is 0 Å². The number of anilines is 1. The summed E-state index contributed by atoms with van der Waals surface area (Å²) in [5.41, 5.74) is 6.69. The molecule has 0 aromatic heterocycles. The Morgan fingerprint density at radius 2 is 2.29 bits per heavy atom. The SMILES string of the molecule is COCCCSc1ccc(Br)cc1N. The van der Waals surface area contributed by atoms with Crippen LogP contribution in [0, 0.1) is 0 Å². The fourth-order valence-electron chi connectivity index (χ4n) is 1.04. The second-order valence-electron chi connectivity index (χ2n) is 2.88. The number of hydrogen-bond donors (Lipinski definition) is 1. The molecule has 1 rings (SSSR count). The average Bonchev–Trinajstić information content (AvgIpc) is 2.15. The van der Waals surface area contributed by atoms with Crippen molar-refractivity contribution in [3.8, 4) is 0 Å². The third-order valence-corrected chi connectivity index (χ3v) is 3.39. The smallest absolute Gasteiger partial charge is 0.0470 e. The van der Waals surface area contributed by atoms with Crippen molar-refractivity contribution in [2.24, 2.45) is 0 Å². The summed E-state index contributed by atoms with van der Waals surface area (Å²) in [6, 6.07) is 5.98. The Bertz CT molecular complexity index is 293. The maximum atomic E-state index is 5.85. The number of nitrogen functional groups attached to an aromatic ring is 1. The Balaban J connectivity index is 2.42. The summed E-state index contributed by atoms with van der Waals surface area (Å²) in [6.07, 6.45) is 1.05. The van der Waals surface area contributed by atoms with Crippen LogP contribution >= 0.6 is 27.7 Å². The minimum absolute atomic E-state index is 0.809. The Hall–Kier alpha value is -0.190. The molecule has 0 radical (unpaired) electrons. The highest BCUT2D eigenvalue weighted by atomic mass is 79.9. The van der Waals surface area contributed by atoms with Gasteiger partial charge in [0.05, 0.1) is 0 Å². The van der Waals surface area contributed by atoms with Crippen LogP contribution in [0.3, 0.4) is 0 Å². The van der Waals surface area contributed by atoms with E-state index in [0.717, 1.165) is 33.8 Å². The van der Waals surface area contributed by atoms with Crippen molar-refractivity contribution in [3.05, 3.63) is 22.7 Å². The average molecular weight is 276 g/mol. The van der Waals surface area contributed by atoms with Crippen LogP contribution in [0.4, 0.5) is 5.69 Å². The zero-order valence-corrected chi connectivity index (χ0v) is 10.5. The topological polar surface area (TPSA) is 35.2 Å². The molecule has 2 nitrogen and oxygen atoms in total. The van der Waals surface area contributed by atoms with Crippen molar-refractivity contribution < 1.29 is 4.74 Å². The van der Waals surface area contributed by atoms with E-state index >= 15 is 0 Å². The van der Waals surface area contributed by atoms with Crippen LogP contribution in [0.2, 0.25) is 0 Å². The van der Waals surface area contributed by atoms with Crippen molar-refractivity contribution >= 4 is 33.4 Å². The monoisotopic (exact) mass is 275 g/mol. The molecule has 1 aromatic rings. The summed E-state index contributed by atoms with van der Waals surface area (Å²) in [4.78, 5) is 1.14. The first-order valence-corrected chi connectivity index (χ1v) is 6.18. The van der Waals surface area contributed by atoms with Crippen LogP contribution in [0.15, 0.2) is 27.6 Å². The number of nitrogens with two attached hydrogens (primary N) is 1. The molecule has 0 unspecified atom stereocenters. The molecule has 0 atom stereocenters. The fraction of sp³-hybridized carbons (Fsp3) is 0.400. The van der Waals surface area contributed by atoms with Gasteiger partial charge in [0, 0.05) is 34.5 Å². The number of benzene rings is 1. The number of ether oxygens (including phenoxy) is 1. The van der Waals surface area contributed by atoms with Gasteiger partial charge in [-0.3, -0.25) is 0 Å². The first-order valence-electron chi connectivity index (χ1n) is 4.41. The van der Waals surface area contributed by atoms with Crippen molar-refractivity contribution in [1.82, 2.24) is 0 Å². The Labute approximate surface area is 97.3 Å². The van der Waals surface area contributed by atoms with Crippen LogP contribution in [0.1, 0.15) is 6.42 Å². The molecule has 0 saturated heterocycles. The van der Waals surface area contributed by atoms with Gasteiger partial charge >= 0.3 is 0 Å². The second-order valence-corrected chi connectivity index (χ2v) is 4.93. The van der Waals surface area contributed by atoms with Gasteiger partial charge in [-0.05, 0) is 24.6 Å². The lowest BCUT2D eigenvalue weighted by Gasteiger charge is -2.05. The number of methoxy groups -OCH3 is 1. The first kappa shape index (κ1) is 11.9. The van der Waals surface area contributed by atoms with Gasteiger partial charge in [-0.2, -0.15) is 0 Å². The van der Waals surface area contributed by atoms with Gasteiger partial charge in [0.15, 0.2) is 0 Å². The third-order valence-electron chi connectivity index (χ3n) is 1.72. The molecule has 2 N–H and O–H groups in total. The second kappa shape index (κ2) is 6.32. The lowest BCUT2D eigenvalue weighted by molar-refractivity contribution is 0.200. The molecule has 0 spiro atoms. The molecule has 0 aliphatic rings. The molecular weight excluding hydrogens is 262 g/mol. The quantitative estimate of drug-likeness (QED) is 0.509. The van der Waals surface area contributed by atoms with Gasteiger partial charge in [-0.15, -0.1) is 11.8 Å². The van der Waals surface area contributed by atoms with E-state index < -0.39 is 0 Å². The molecule has 4 heteroatoms. The fourth-order valence-corrected chi connectivity index (χ4v) is 2.29. The highest BCUT2D eigenvalue weighted by molar-refractivity contribution is 9.10. The highest BCUT2D eigenvalue weighted by Gasteiger charge is 1.99. The Morgan fingerprint density at radius 1 is 1.50 bits per heavy atom. The largest absolute Gasteiger partial charge is 0.398 e. The van der Waals surface area contributed by atoms with Crippen molar-refractivity contribution in [2.75, 3.05) is 25.2 Å². The van der Waals surface area contributed by atoms with E-state index in [1.54, 1.807) is 18.9 Å². The number of thioether (sulfide) groups is 1. The van der Waals surface area contributed by atoms with E-state index in [2.05, 4.69) is 15.9 Å². The minimum atomic E-state index is 0.809. The van der Waals surface area contributed by atoms with E-state index in [4.69, 9.17) is 10.5 Å². The first-order chi connectivity index (χ1) is 6.74. The molecule has 0 amide bonds. The van der Waals surface area contributed by atoms with Crippen molar-refractivity contribution in [1.29, 1.82) is 0 Å². The van der Waals surface area contributed by atoms with E-state index in [0.29, 0.717) is 0 Å². The molecule has 0 aliphatic heterocycles. The standard InChI is InChI=1S/C10H14BrNOS/c1-13-5-2-6-14-10-4-3-8(11)7-9(10)12/h3-4,7H,2,5-6,12H2,1H3. The molecule has 0 heterocycles. The van der Waals surface area contributed by atoms with Crippen molar-refractivity contribution in [2.45, 2.75) is 11.3 Å². The molecule has 78 valence electrons. The summed E-state index contributed by atoms with van der Waals surface area (Å²) in [5.74, 6) is 1.04. The maximum absolute atomic E-state index is 5.85.